The molecule has 37 nitrogen and oxygen atoms in total. The summed E-state index contributed by atoms with van der Waals surface area (Å²) in [6.07, 6.45) is -9.00. The summed E-state index contributed by atoms with van der Waals surface area (Å²) in [4.78, 5) is 51.6. The van der Waals surface area contributed by atoms with Crippen molar-refractivity contribution < 1.29 is 163 Å². The van der Waals surface area contributed by atoms with Crippen molar-refractivity contribution >= 4 is 23.6 Å². The van der Waals surface area contributed by atoms with Crippen LogP contribution in [-0.4, -0.2) is 353 Å². The monoisotopic (exact) mass is 1770 g/mol. The Hall–Kier alpha value is -3.54. The Morgan fingerprint density at radius 3 is 1.08 bits per heavy atom. The van der Waals surface area contributed by atoms with E-state index in [4.69, 9.17) is 56.8 Å². The van der Waals surface area contributed by atoms with E-state index in [1.807, 2.05) is 6.08 Å². The molecule has 21 N–H and O–H groups in total. The smallest absolute Gasteiger partial charge is 0.220 e. The van der Waals surface area contributed by atoms with Crippen LogP contribution in [0.15, 0.2) is 12.2 Å². The Balaban J connectivity index is 1.15. The number of aliphatic hydroxyl groups excluding tert-OH is 17. The molecule has 6 heterocycles. The minimum Gasteiger partial charge on any atom is -0.394 e. The zero-order chi connectivity index (χ0) is 89.9. The number of hydrogen-bond donors (Lipinski definition) is 21. The van der Waals surface area contributed by atoms with Crippen LogP contribution in [0.5, 0.6) is 0 Å². The molecule has 37 heteroatoms. The summed E-state index contributed by atoms with van der Waals surface area (Å²) in [5, 5.41) is 203. The number of hydrogen-bond acceptors (Lipinski definition) is 33. The highest BCUT2D eigenvalue weighted by atomic mass is 16.8. The predicted molar refractivity (Wildman–Crippen MR) is 442 cm³/mol. The van der Waals surface area contributed by atoms with Crippen molar-refractivity contribution in [2.24, 2.45) is 0 Å². The van der Waals surface area contributed by atoms with Gasteiger partial charge < -0.3 is 165 Å². The Labute approximate surface area is 725 Å². The molecule has 0 spiro atoms. The van der Waals surface area contributed by atoms with Crippen LogP contribution >= 0.6 is 0 Å². The summed E-state index contributed by atoms with van der Waals surface area (Å²) in [6, 6.07) is -6.12. The molecular formula is C86H156N4O33. The summed E-state index contributed by atoms with van der Waals surface area (Å²) < 4.78 is 72.2. The molecule has 6 rings (SSSR count). The summed E-state index contributed by atoms with van der Waals surface area (Å²) in [7, 11) is 0. The molecule has 123 heavy (non-hydrogen) atoms. The van der Waals surface area contributed by atoms with Crippen LogP contribution in [0.3, 0.4) is 0 Å². The van der Waals surface area contributed by atoms with Gasteiger partial charge in [-0.3, -0.25) is 19.2 Å². The lowest BCUT2D eigenvalue weighted by Crippen LogP contribution is -2.71. The highest BCUT2D eigenvalue weighted by Gasteiger charge is 2.58. The van der Waals surface area contributed by atoms with Gasteiger partial charge in [-0.1, -0.05) is 231 Å². The molecule has 6 saturated heterocycles. The van der Waals surface area contributed by atoms with Gasteiger partial charge in [-0.15, -0.1) is 0 Å². The number of aliphatic hydroxyl groups is 17. The van der Waals surface area contributed by atoms with Crippen LogP contribution in [-0.2, 0) is 76.0 Å². The van der Waals surface area contributed by atoms with Gasteiger partial charge in [0.1, 0.15) is 146 Å². The van der Waals surface area contributed by atoms with Crippen molar-refractivity contribution in [3.05, 3.63) is 12.2 Å². The maximum absolute atomic E-state index is 13.7. The van der Waals surface area contributed by atoms with E-state index >= 15 is 0 Å². The first-order chi connectivity index (χ1) is 59.2. The molecule has 0 radical (unpaired) electrons. The van der Waals surface area contributed by atoms with E-state index in [1.165, 1.54) is 161 Å². The molecule has 0 saturated carbocycles. The Morgan fingerprint density at radius 1 is 0.325 bits per heavy atom. The van der Waals surface area contributed by atoms with Gasteiger partial charge in [-0.25, -0.2) is 0 Å². The largest absolute Gasteiger partial charge is 0.394 e. The van der Waals surface area contributed by atoms with Gasteiger partial charge >= 0.3 is 0 Å². The summed E-state index contributed by atoms with van der Waals surface area (Å²) >= 11 is 0. The number of amides is 4. The number of carbonyl (C=O) groups is 4. The second-order valence-electron chi connectivity index (χ2n) is 34.3. The molecule has 0 aromatic heterocycles. The summed E-state index contributed by atoms with van der Waals surface area (Å²) in [5.74, 6) is -2.75. The maximum Gasteiger partial charge on any atom is 0.220 e. The lowest BCUT2D eigenvalue weighted by molar-refractivity contribution is -0.391. The Morgan fingerprint density at radius 2 is 0.650 bits per heavy atom. The third kappa shape index (κ3) is 35.6. The summed E-state index contributed by atoms with van der Waals surface area (Å²) in [6.45, 7) is 1.26. The van der Waals surface area contributed by atoms with Crippen molar-refractivity contribution in [3.8, 4) is 0 Å². The van der Waals surface area contributed by atoms with Gasteiger partial charge in [0, 0.05) is 27.2 Å². The first-order valence-corrected chi connectivity index (χ1v) is 45.9. The van der Waals surface area contributed by atoms with Crippen molar-refractivity contribution in [3.63, 3.8) is 0 Å². The molecule has 0 aromatic rings. The summed E-state index contributed by atoms with van der Waals surface area (Å²) in [5.41, 5.74) is 0. The number of carbonyl (C=O) groups excluding carboxylic acids is 4. The second-order valence-corrected chi connectivity index (χ2v) is 34.3. The van der Waals surface area contributed by atoms with E-state index in [0.29, 0.717) is 12.8 Å². The molecule has 32 atom stereocenters. The highest BCUT2D eigenvalue weighted by molar-refractivity contribution is 5.76. The number of allylic oxidation sites excluding steroid dienone is 1. The number of nitrogens with one attached hydrogen (secondary N) is 4. The molecule has 0 aliphatic carbocycles. The number of unbranched alkanes of at least 4 members (excludes halogenated alkanes) is 33. The van der Waals surface area contributed by atoms with Crippen LogP contribution in [0.2, 0.25) is 0 Å². The first kappa shape index (κ1) is 108. The fraction of sp³-hybridized carbons (Fsp3) is 0.930. The van der Waals surface area contributed by atoms with Gasteiger partial charge in [-0.2, -0.15) is 0 Å². The third-order valence-corrected chi connectivity index (χ3v) is 24.1. The zero-order valence-electron chi connectivity index (χ0n) is 73.2. The van der Waals surface area contributed by atoms with E-state index in [9.17, 15) is 106 Å². The van der Waals surface area contributed by atoms with Crippen molar-refractivity contribution in [1.82, 2.24) is 21.3 Å². The maximum atomic E-state index is 13.7. The average Bonchev–Trinajstić information content (AvgIpc) is 0.764. The van der Waals surface area contributed by atoms with E-state index < -0.39 is 260 Å². The molecule has 718 valence electrons. The first-order valence-electron chi connectivity index (χ1n) is 45.9. The van der Waals surface area contributed by atoms with E-state index in [-0.39, 0.29) is 12.3 Å². The molecule has 12 unspecified atom stereocenters. The van der Waals surface area contributed by atoms with Crippen LogP contribution in [0.4, 0.5) is 0 Å². The molecule has 4 amide bonds. The van der Waals surface area contributed by atoms with E-state index in [0.717, 1.165) is 72.1 Å². The van der Waals surface area contributed by atoms with Gasteiger partial charge in [-0.05, 0) is 19.3 Å². The van der Waals surface area contributed by atoms with Gasteiger partial charge in [0.15, 0.2) is 37.7 Å². The van der Waals surface area contributed by atoms with Crippen molar-refractivity contribution in [2.45, 2.75) is 462 Å². The van der Waals surface area contributed by atoms with Gasteiger partial charge in [0.25, 0.3) is 0 Å². The topological polar surface area (TPSA) is 571 Å². The third-order valence-electron chi connectivity index (χ3n) is 24.1. The Kier molecular flexibility index (Phi) is 52.5. The zero-order valence-corrected chi connectivity index (χ0v) is 73.2. The predicted octanol–water partition coefficient (Wildman–Crippen LogP) is 0.841. The lowest BCUT2D eigenvalue weighted by atomic mass is 9.93. The Bertz CT molecular complexity index is 2870. The van der Waals surface area contributed by atoms with Crippen LogP contribution in [0.1, 0.15) is 266 Å². The normalized spacial score (nSPS) is 34.9. The van der Waals surface area contributed by atoms with Crippen LogP contribution in [0, 0.1) is 0 Å². The van der Waals surface area contributed by atoms with E-state index in [2.05, 4.69) is 35.1 Å². The van der Waals surface area contributed by atoms with Crippen LogP contribution in [0.25, 0.3) is 0 Å². The minimum absolute atomic E-state index is 0.146. The minimum atomic E-state index is -2.36. The fourth-order valence-corrected chi connectivity index (χ4v) is 16.8. The quantitative estimate of drug-likeness (QED) is 0.0296. The van der Waals surface area contributed by atoms with Gasteiger partial charge in [0.05, 0.1) is 58.4 Å². The van der Waals surface area contributed by atoms with Gasteiger partial charge in [0.2, 0.25) is 23.6 Å². The second kappa shape index (κ2) is 59.7. The van der Waals surface area contributed by atoms with Crippen molar-refractivity contribution in [1.29, 1.82) is 0 Å². The number of ether oxygens (including phenoxy) is 12. The lowest BCUT2D eigenvalue weighted by Gasteiger charge is -2.50. The molecule has 6 aliphatic heterocycles. The molecule has 6 fully saturated rings. The molecule has 0 aromatic carbocycles. The van der Waals surface area contributed by atoms with Crippen molar-refractivity contribution in [2.75, 3.05) is 46.2 Å². The number of rotatable bonds is 61. The van der Waals surface area contributed by atoms with E-state index in [1.54, 1.807) is 6.08 Å². The molecular weight excluding hydrogens is 1620 g/mol. The standard InChI is InChI=1S/C86H156N4O33/c1-6-8-10-12-14-16-18-20-21-22-23-24-25-26-27-28-29-31-33-35-37-39-41-43-62(100)90-54(55(99)42-40-38-36-34-32-30-19-17-15-13-11-9-7-2)49-112-84-74(109)73(108)77(60(48-95)118-84)120-86-76(111)80(70(105)61(119-86)50-113-81-63(87-51(3)96)71(106)66(101)56(44-91)114-81)123-85-75(110)79(69(104)59(47-94)117-85)122-83-65(89-53(5)98)78(68(103)58(46-93)116-83)121-82-64(88-52(4)97)72(107)67(102)57(45-92)115-82/h40,42,54-61,63-86,91-95,99,101-111H,6-39,41,43-50H2,1-5H3,(H,87,96)(H,88,97)(H,89,98)(H,90,100)/b42-40+/t54-,55+,56?,57?,58?,59?,60?,61?,63?,64?,65?,66+,67-,68-,69-,70-,71+,72+,73+,74?,75?,76?,77+,78+,79-,80-,81+,82+,83-,84+,85+,86-/m0/s1. The highest BCUT2D eigenvalue weighted by Crippen LogP contribution is 2.38. The average molecular weight is 1770 g/mol. The SMILES string of the molecule is CCCCCCCCCCCCC/C=C/[C@@H](O)[C@H](CO[C@@H]1OC(CO)[C@@H](O[C@@H]2OC(CO[C@@H]3OC(CO)[C@@H](O)[C@H](O)C3NC(C)=O)[C@H](O)[C@H](O[C@H]3OC(CO)[C@H](O)[C@H](O[C@@H]4OC(CO)[C@H](O)[C@H](O[C@H]5OC(CO)[C@H](O)[C@H](O)C5NC(C)=O)C4NC(C)=O)C3O)C2O)[C@H](O)C1O)NC(=O)CCCCCCCCCCCCCCCCCCCCCCCCC. The molecule has 6 aliphatic rings. The molecule has 0 bridgehead atoms. The van der Waals surface area contributed by atoms with Crippen LogP contribution < -0.4 is 21.3 Å². The fourth-order valence-electron chi connectivity index (χ4n) is 16.8.